The van der Waals surface area contributed by atoms with E-state index in [4.69, 9.17) is 4.74 Å². The summed E-state index contributed by atoms with van der Waals surface area (Å²) in [6, 6.07) is 5.30. The van der Waals surface area contributed by atoms with Crippen molar-refractivity contribution < 1.29 is 14.2 Å². The van der Waals surface area contributed by atoms with Gasteiger partial charge in [0.1, 0.15) is 12.0 Å². The third-order valence-electron chi connectivity index (χ3n) is 6.23. The van der Waals surface area contributed by atoms with Gasteiger partial charge in [-0.2, -0.15) is 0 Å². The number of halogens is 1. The summed E-state index contributed by atoms with van der Waals surface area (Å²) in [4.78, 5) is 30.3. The van der Waals surface area contributed by atoms with E-state index in [1.807, 2.05) is 6.07 Å². The number of anilines is 1. The van der Waals surface area contributed by atoms with Gasteiger partial charge in [-0.15, -0.1) is 0 Å². The highest BCUT2D eigenvalue weighted by molar-refractivity contribution is 5.48. The number of ether oxygens (including phenoxy) is 1. The van der Waals surface area contributed by atoms with Gasteiger partial charge < -0.3 is 25.0 Å². The molecule has 3 atom stereocenters. The quantitative estimate of drug-likeness (QED) is 0.580. The fourth-order valence-electron chi connectivity index (χ4n) is 4.16. The SMILES string of the molecule is Cc1cn([C@H]2C[C@H](O)[C@@H](CNCc3ccc(N4CCN(C)CC4)cc3F)O2)c(=O)[nH]c1=O. The zero-order valence-corrected chi connectivity index (χ0v) is 18.4. The minimum atomic E-state index is -0.781. The van der Waals surface area contributed by atoms with Gasteiger partial charge in [0.25, 0.3) is 5.56 Å². The van der Waals surface area contributed by atoms with E-state index in [9.17, 15) is 19.1 Å². The molecule has 174 valence electrons. The highest BCUT2D eigenvalue weighted by Gasteiger charge is 2.35. The number of rotatable bonds is 6. The van der Waals surface area contributed by atoms with E-state index in [-0.39, 0.29) is 12.2 Å². The number of likely N-dealkylation sites (N-methyl/N-ethyl adjacent to an activating group) is 1. The van der Waals surface area contributed by atoms with E-state index >= 15 is 0 Å². The van der Waals surface area contributed by atoms with Crippen LogP contribution >= 0.6 is 0 Å². The number of H-pyrrole nitrogens is 1. The summed E-state index contributed by atoms with van der Waals surface area (Å²) < 4.78 is 21.8. The molecular weight excluding hydrogens is 417 g/mol. The highest BCUT2D eigenvalue weighted by atomic mass is 19.1. The van der Waals surface area contributed by atoms with E-state index < -0.39 is 29.7 Å². The molecule has 2 saturated heterocycles. The van der Waals surface area contributed by atoms with Crippen molar-refractivity contribution in [2.24, 2.45) is 0 Å². The lowest BCUT2D eigenvalue weighted by Crippen LogP contribution is -2.44. The molecule has 0 aliphatic carbocycles. The van der Waals surface area contributed by atoms with Crippen LogP contribution in [0.2, 0.25) is 0 Å². The molecular formula is C22H30FN5O4. The first-order chi connectivity index (χ1) is 15.3. The summed E-state index contributed by atoms with van der Waals surface area (Å²) in [5.74, 6) is -0.269. The summed E-state index contributed by atoms with van der Waals surface area (Å²) in [5.41, 5.74) is 0.801. The molecule has 0 radical (unpaired) electrons. The molecule has 0 spiro atoms. The van der Waals surface area contributed by atoms with Gasteiger partial charge in [-0.3, -0.25) is 14.3 Å². The maximum Gasteiger partial charge on any atom is 0.330 e. The molecule has 2 aliphatic heterocycles. The minimum absolute atomic E-state index is 0.228. The Morgan fingerprint density at radius 3 is 2.72 bits per heavy atom. The Morgan fingerprint density at radius 1 is 1.25 bits per heavy atom. The second-order valence-electron chi connectivity index (χ2n) is 8.61. The van der Waals surface area contributed by atoms with Crippen molar-refractivity contribution in [1.29, 1.82) is 0 Å². The second kappa shape index (κ2) is 9.53. The number of hydrogen-bond donors (Lipinski definition) is 3. The van der Waals surface area contributed by atoms with Crippen molar-refractivity contribution in [2.75, 3.05) is 44.7 Å². The molecule has 2 aliphatic rings. The molecule has 10 heteroatoms. The minimum Gasteiger partial charge on any atom is -0.390 e. The first kappa shape index (κ1) is 22.7. The number of aromatic amines is 1. The van der Waals surface area contributed by atoms with Gasteiger partial charge in [-0.25, -0.2) is 9.18 Å². The number of hydrogen-bond acceptors (Lipinski definition) is 7. The van der Waals surface area contributed by atoms with Crippen LogP contribution in [-0.2, 0) is 11.3 Å². The lowest BCUT2D eigenvalue weighted by molar-refractivity contribution is -0.0194. The molecule has 1 aromatic carbocycles. The van der Waals surface area contributed by atoms with Crippen LogP contribution in [0.1, 0.15) is 23.8 Å². The molecule has 0 unspecified atom stereocenters. The average molecular weight is 448 g/mol. The molecule has 0 amide bonds. The fourth-order valence-corrected chi connectivity index (χ4v) is 4.16. The fraction of sp³-hybridized carbons (Fsp3) is 0.545. The lowest BCUT2D eigenvalue weighted by atomic mass is 10.1. The summed E-state index contributed by atoms with van der Waals surface area (Å²) >= 11 is 0. The largest absolute Gasteiger partial charge is 0.390 e. The zero-order valence-electron chi connectivity index (χ0n) is 18.4. The summed E-state index contributed by atoms with van der Waals surface area (Å²) in [6.07, 6.45) is -0.334. The molecule has 0 saturated carbocycles. The molecule has 32 heavy (non-hydrogen) atoms. The van der Waals surface area contributed by atoms with Crippen molar-refractivity contribution in [3.05, 3.63) is 62.2 Å². The lowest BCUT2D eigenvalue weighted by Gasteiger charge is -2.34. The summed E-state index contributed by atoms with van der Waals surface area (Å²) in [6.45, 7) is 5.87. The first-order valence-electron chi connectivity index (χ1n) is 10.9. The van der Waals surface area contributed by atoms with Crippen molar-refractivity contribution >= 4 is 5.69 Å². The zero-order chi connectivity index (χ0) is 22.8. The van der Waals surface area contributed by atoms with Crippen LogP contribution in [0.15, 0.2) is 34.0 Å². The number of benzene rings is 1. The van der Waals surface area contributed by atoms with Crippen molar-refractivity contribution in [3.8, 4) is 0 Å². The van der Waals surface area contributed by atoms with E-state index in [0.29, 0.717) is 24.2 Å². The number of aromatic nitrogens is 2. The van der Waals surface area contributed by atoms with Gasteiger partial charge >= 0.3 is 5.69 Å². The Bertz CT molecular complexity index is 1060. The molecule has 4 rings (SSSR count). The van der Waals surface area contributed by atoms with Crippen molar-refractivity contribution in [1.82, 2.24) is 19.8 Å². The number of nitrogens with one attached hydrogen (secondary N) is 2. The van der Waals surface area contributed by atoms with Crippen LogP contribution < -0.4 is 21.5 Å². The molecule has 0 bridgehead atoms. The summed E-state index contributed by atoms with van der Waals surface area (Å²) in [5, 5.41) is 13.5. The first-order valence-corrected chi connectivity index (χ1v) is 10.9. The number of aliphatic hydroxyl groups excluding tert-OH is 1. The van der Waals surface area contributed by atoms with Gasteiger partial charge in [0.2, 0.25) is 0 Å². The van der Waals surface area contributed by atoms with Crippen LogP contribution in [0, 0.1) is 12.7 Å². The van der Waals surface area contributed by atoms with Gasteiger partial charge in [0, 0.05) is 68.7 Å². The normalized spacial score (nSPS) is 24.2. The molecule has 9 nitrogen and oxygen atoms in total. The van der Waals surface area contributed by atoms with Crippen LogP contribution in [0.4, 0.5) is 10.1 Å². The summed E-state index contributed by atoms with van der Waals surface area (Å²) in [7, 11) is 2.08. The van der Waals surface area contributed by atoms with E-state index in [0.717, 1.165) is 31.9 Å². The van der Waals surface area contributed by atoms with Gasteiger partial charge in [-0.05, 0) is 26.1 Å². The van der Waals surface area contributed by atoms with Crippen LogP contribution in [0.3, 0.4) is 0 Å². The third kappa shape index (κ3) is 4.93. The number of aliphatic hydroxyl groups is 1. The topological polar surface area (TPSA) is 103 Å². The average Bonchev–Trinajstić information content (AvgIpc) is 3.12. The second-order valence-corrected chi connectivity index (χ2v) is 8.61. The maximum absolute atomic E-state index is 14.6. The van der Waals surface area contributed by atoms with E-state index in [2.05, 4.69) is 27.1 Å². The van der Waals surface area contributed by atoms with Crippen LogP contribution in [0.5, 0.6) is 0 Å². The Morgan fingerprint density at radius 2 is 2.00 bits per heavy atom. The van der Waals surface area contributed by atoms with E-state index in [1.54, 1.807) is 19.1 Å². The number of piperazine rings is 1. The van der Waals surface area contributed by atoms with Crippen LogP contribution in [0.25, 0.3) is 0 Å². The smallest absolute Gasteiger partial charge is 0.330 e. The maximum atomic E-state index is 14.6. The van der Waals surface area contributed by atoms with Crippen molar-refractivity contribution in [2.45, 2.75) is 38.3 Å². The predicted molar refractivity (Wildman–Crippen MR) is 118 cm³/mol. The highest BCUT2D eigenvalue weighted by Crippen LogP contribution is 2.27. The molecule has 2 aromatic rings. The molecule has 1 aromatic heterocycles. The Balaban J connectivity index is 1.32. The van der Waals surface area contributed by atoms with Crippen LogP contribution in [-0.4, -0.2) is 71.5 Å². The standard InChI is InChI=1S/C22H30FN5O4/c1-14-13-28(22(31)25-21(14)30)20-10-18(29)19(32-20)12-24-11-15-3-4-16(9-17(15)23)27-7-5-26(2)6-8-27/h3-4,9,13,18-20,24,29H,5-8,10-12H2,1-2H3,(H,25,30,31)/t18-,19+,20+/m0/s1. The molecule has 2 fully saturated rings. The monoisotopic (exact) mass is 447 g/mol. The molecule has 3 N–H and O–H groups in total. The number of nitrogens with zero attached hydrogens (tertiary/aromatic N) is 3. The van der Waals surface area contributed by atoms with Gasteiger partial charge in [0.05, 0.1) is 12.2 Å². The van der Waals surface area contributed by atoms with Gasteiger partial charge in [-0.1, -0.05) is 6.07 Å². The van der Waals surface area contributed by atoms with Gasteiger partial charge in [0.15, 0.2) is 0 Å². The Kier molecular flexibility index (Phi) is 6.75. The Labute approximate surface area is 185 Å². The Hall–Kier alpha value is -2.53. The predicted octanol–water partition coefficient (Wildman–Crippen LogP) is 0.174. The van der Waals surface area contributed by atoms with E-state index in [1.165, 1.54) is 10.8 Å². The third-order valence-corrected chi connectivity index (χ3v) is 6.23. The number of aryl methyl sites for hydroxylation is 1. The van der Waals surface area contributed by atoms with Crippen molar-refractivity contribution in [3.63, 3.8) is 0 Å². The molecule has 3 heterocycles.